The van der Waals surface area contributed by atoms with Gasteiger partial charge < -0.3 is 21.1 Å². The maximum Gasteiger partial charge on any atom is 0.243 e. The monoisotopic (exact) mass is 345 g/mol. The number of amides is 2. The van der Waals surface area contributed by atoms with Gasteiger partial charge in [0, 0.05) is 25.4 Å². The molecule has 8 heteroatoms. The lowest BCUT2D eigenvalue weighted by Gasteiger charge is -2.34. The molecule has 2 amide bonds. The van der Waals surface area contributed by atoms with Crippen molar-refractivity contribution in [2.75, 3.05) is 31.6 Å². The first kappa shape index (κ1) is 19.3. The highest BCUT2D eigenvalue weighted by molar-refractivity contribution is 5.95. The molecule has 1 aromatic rings. The molecule has 0 atom stereocenters. The van der Waals surface area contributed by atoms with E-state index >= 15 is 0 Å². The zero-order chi connectivity index (χ0) is 16.0. The maximum absolute atomic E-state index is 13.0. The summed E-state index contributed by atoms with van der Waals surface area (Å²) in [5, 5.41) is 5.12. The lowest BCUT2D eigenvalue weighted by atomic mass is 9.79. The highest BCUT2D eigenvalue weighted by Gasteiger charge is 2.38. The van der Waals surface area contributed by atoms with Crippen LogP contribution in [0.5, 0.6) is 0 Å². The Balaban J connectivity index is 0.00000264. The first-order valence-electron chi connectivity index (χ1n) is 7.17. The average molecular weight is 346 g/mol. The molecule has 0 aromatic heterocycles. The number of anilines is 1. The minimum absolute atomic E-state index is 0. The molecule has 0 radical (unpaired) electrons. The third kappa shape index (κ3) is 5.16. The largest absolute Gasteiger partial charge is 0.381 e. The van der Waals surface area contributed by atoms with E-state index in [2.05, 4.69) is 10.6 Å². The molecule has 2 rings (SSSR count). The standard InChI is InChI=1S/C15H20FN3O3.ClH/c16-11-2-1-3-12(8-11)19-13(20)9-18-14(21)15(10-17)4-6-22-7-5-15;/h1-3,8H,4-7,9-10,17H2,(H,18,21)(H,19,20);1H. The third-order valence-electron chi connectivity index (χ3n) is 3.84. The summed E-state index contributed by atoms with van der Waals surface area (Å²) in [6.45, 7) is 1.01. The fourth-order valence-corrected chi connectivity index (χ4v) is 2.41. The van der Waals surface area contributed by atoms with Crippen molar-refractivity contribution in [3.63, 3.8) is 0 Å². The Bertz CT molecular complexity index is 551. The molecule has 1 fully saturated rings. The van der Waals surface area contributed by atoms with E-state index in [1.54, 1.807) is 6.07 Å². The number of benzene rings is 1. The van der Waals surface area contributed by atoms with E-state index in [0.29, 0.717) is 31.7 Å². The Labute approximate surface area is 140 Å². The smallest absolute Gasteiger partial charge is 0.243 e. The van der Waals surface area contributed by atoms with Crippen LogP contribution in [0.2, 0.25) is 0 Å². The molecular weight excluding hydrogens is 325 g/mol. The Morgan fingerprint density at radius 1 is 1.30 bits per heavy atom. The highest BCUT2D eigenvalue weighted by Crippen LogP contribution is 2.29. The van der Waals surface area contributed by atoms with E-state index in [0.717, 1.165) is 0 Å². The minimum Gasteiger partial charge on any atom is -0.381 e. The molecule has 4 N–H and O–H groups in total. The van der Waals surface area contributed by atoms with Crippen molar-refractivity contribution >= 4 is 29.9 Å². The van der Waals surface area contributed by atoms with E-state index < -0.39 is 17.1 Å². The molecule has 0 unspecified atom stereocenters. The zero-order valence-corrected chi connectivity index (χ0v) is 13.5. The molecule has 23 heavy (non-hydrogen) atoms. The number of hydrogen-bond donors (Lipinski definition) is 3. The normalized spacial score (nSPS) is 16.1. The number of rotatable bonds is 5. The Morgan fingerprint density at radius 3 is 2.61 bits per heavy atom. The minimum atomic E-state index is -0.669. The van der Waals surface area contributed by atoms with Crippen LogP contribution < -0.4 is 16.4 Å². The van der Waals surface area contributed by atoms with E-state index in [1.807, 2.05) is 0 Å². The van der Waals surface area contributed by atoms with Crippen LogP contribution in [0.15, 0.2) is 24.3 Å². The fourth-order valence-electron chi connectivity index (χ4n) is 2.41. The van der Waals surface area contributed by atoms with Crippen LogP contribution in [0.1, 0.15) is 12.8 Å². The summed E-state index contributed by atoms with van der Waals surface area (Å²) in [7, 11) is 0. The van der Waals surface area contributed by atoms with Crippen molar-refractivity contribution in [3.05, 3.63) is 30.1 Å². The molecule has 0 spiro atoms. The molecule has 1 aliphatic rings. The second kappa shape index (κ2) is 8.81. The number of nitrogens with one attached hydrogen (secondary N) is 2. The van der Waals surface area contributed by atoms with Gasteiger partial charge in [0.05, 0.1) is 12.0 Å². The Hall–Kier alpha value is -1.70. The maximum atomic E-state index is 13.0. The Morgan fingerprint density at radius 2 is 2.00 bits per heavy atom. The molecule has 0 bridgehead atoms. The predicted octanol–water partition coefficient (Wildman–Crippen LogP) is 1.06. The number of hydrogen-bond acceptors (Lipinski definition) is 4. The predicted molar refractivity (Wildman–Crippen MR) is 86.8 cm³/mol. The van der Waals surface area contributed by atoms with Gasteiger partial charge in [-0.05, 0) is 31.0 Å². The summed E-state index contributed by atoms with van der Waals surface area (Å²) in [6.07, 6.45) is 1.09. The van der Waals surface area contributed by atoms with Crippen LogP contribution in [-0.2, 0) is 14.3 Å². The number of halogens is 2. The summed E-state index contributed by atoms with van der Waals surface area (Å²) in [6, 6.07) is 5.56. The van der Waals surface area contributed by atoms with Gasteiger partial charge in [0.15, 0.2) is 0 Å². The first-order chi connectivity index (χ1) is 10.6. The van der Waals surface area contributed by atoms with Crippen LogP contribution in [0.3, 0.4) is 0 Å². The van der Waals surface area contributed by atoms with Gasteiger partial charge in [0.25, 0.3) is 0 Å². The van der Waals surface area contributed by atoms with Gasteiger partial charge in [0.1, 0.15) is 5.82 Å². The summed E-state index contributed by atoms with van der Waals surface area (Å²) >= 11 is 0. The van der Waals surface area contributed by atoms with Gasteiger partial charge in [0.2, 0.25) is 11.8 Å². The number of carbonyl (C=O) groups excluding carboxylic acids is 2. The summed E-state index contributed by atoms with van der Waals surface area (Å²) in [5.41, 5.74) is 5.40. The van der Waals surface area contributed by atoms with Gasteiger partial charge in [-0.15, -0.1) is 12.4 Å². The molecule has 6 nitrogen and oxygen atoms in total. The molecule has 1 aliphatic heterocycles. The zero-order valence-electron chi connectivity index (χ0n) is 12.6. The summed E-state index contributed by atoms with van der Waals surface area (Å²) < 4.78 is 18.3. The lowest BCUT2D eigenvalue weighted by Crippen LogP contribution is -2.50. The number of carbonyl (C=O) groups is 2. The summed E-state index contributed by atoms with van der Waals surface area (Å²) in [4.78, 5) is 24.1. The fraction of sp³-hybridized carbons (Fsp3) is 0.467. The van der Waals surface area contributed by atoms with Gasteiger partial charge >= 0.3 is 0 Å². The van der Waals surface area contributed by atoms with E-state index in [-0.39, 0.29) is 31.4 Å². The number of nitrogens with two attached hydrogens (primary N) is 1. The van der Waals surface area contributed by atoms with Crippen molar-refractivity contribution in [1.82, 2.24) is 5.32 Å². The second-order valence-electron chi connectivity index (χ2n) is 5.34. The molecule has 0 saturated carbocycles. The average Bonchev–Trinajstić information content (AvgIpc) is 2.53. The quantitative estimate of drug-likeness (QED) is 0.743. The molecule has 128 valence electrons. The SMILES string of the molecule is Cl.NCC1(C(=O)NCC(=O)Nc2cccc(F)c2)CCOCC1. The van der Waals surface area contributed by atoms with Gasteiger partial charge in [-0.3, -0.25) is 9.59 Å². The molecular formula is C15H21ClFN3O3. The third-order valence-corrected chi connectivity index (χ3v) is 3.84. The van der Waals surface area contributed by atoms with E-state index in [4.69, 9.17) is 10.5 Å². The van der Waals surface area contributed by atoms with Crippen LogP contribution in [0.25, 0.3) is 0 Å². The first-order valence-corrected chi connectivity index (χ1v) is 7.17. The molecule has 1 saturated heterocycles. The molecule has 1 heterocycles. The van der Waals surface area contributed by atoms with Crippen molar-refractivity contribution in [2.24, 2.45) is 11.1 Å². The second-order valence-corrected chi connectivity index (χ2v) is 5.34. The van der Waals surface area contributed by atoms with Gasteiger partial charge in [-0.2, -0.15) is 0 Å². The Kier molecular flexibility index (Phi) is 7.41. The summed E-state index contributed by atoms with van der Waals surface area (Å²) in [5.74, 6) is -1.10. The van der Waals surface area contributed by atoms with Gasteiger partial charge in [-0.25, -0.2) is 4.39 Å². The molecule has 1 aromatic carbocycles. The van der Waals surface area contributed by atoms with Crippen molar-refractivity contribution < 1.29 is 18.7 Å². The van der Waals surface area contributed by atoms with E-state index in [9.17, 15) is 14.0 Å². The van der Waals surface area contributed by atoms with Crippen LogP contribution in [0.4, 0.5) is 10.1 Å². The van der Waals surface area contributed by atoms with Crippen molar-refractivity contribution in [1.29, 1.82) is 0 Å². The van der Waals surface area contributed by atoms with Crippen LogP contribution >= 0.6 is 12.4 Å². The van der Waals surface area contributed by atoms with Gasteiger partial charge in [-0.1, -0.05) is 6.07 Å². The number of ether oxygens (including phenoxy) is 1. The topological polar surface area (TPSA) is 93.5 Å². The lowest BCUT2D eigenvalue weighted by molar-refractivity contribution is -0.137. The van der Waals surface area contributed by atoms with Crippen molar-refractivity contribution in [2.45, 2.75) is 12.8 Å². The molecule has 0 aliphatic carbocycles. The van der Waals surface area contributed by atoms with Crippen LogP contribution in [-0.4, -0.2) is 38.1 Å². The van der Waals surface area contributed by atoms with Crippen LogP contribution in [0, 0.1) is 11.2 Å². The van der Waals surface area contributed by atoms with E-state index in [1.165, 1.54) is 18.2 Å². The highest BCUT2D eigenvalue weighted by atomic mass is 35.5. The van der Waals surface area contributed by atoms with Crippen molar-refractivity contribution in [3.8, 4) is 0 Å².